The standard InChI is InChI=1S/C15H17BrN4O/c16-13-3-1-2-12(8-13)14-9-18-11-20(14)10-15(21)19-6-4-17-5-7-19/h1-3,8-9,11,17H,4-7,10H2. The van der Waals surface area contributed by atoms with Crippen LogP contribution in [0.5, 0.6) is 0 Å². The first-order chi connectivity index (χ1) is 10.2. The van der Waals surface area contributed by atoms with Gasteiger partial charge in [-0.15, -0.1) is 0 Å². The van der Waals surface area contributed by atoms with E-state index in [0.717, 1.165) is 41.9 Å². The van der Waals surface area contributed by atoms with Crippen LogP contribution in [0.2, 0.25) is 0 Å². The molecular weight excluding hydrogens is 332 g/mol. The van der Waals surface area contributed by atoms with Gasteiger partial charge in [0.25, 0.3) is 0 Å². The summed E-state index contributed by atoms with van der Waals surface area (Å²) in [5, 5.41) is 3.25. The third-order valence-electron chi connectivity index (χ3n) is 3.61. The van der Waals surface area contributed by atoms with Crippen LogP contribution < -0.4 is 5.32 Å². The van der Waals surface area contributed by atoms with Crippen LogP contribution in [-0.2, 0) is 11.3 Å². The van der Waals surface area contributed by atoms with Crippen molar-refractivity contribution >= 4 is 21.8 Å². The van der Waals surface area contributed by atoms with Gasteiger partial charge in [-0.2, -0.15) is 0 Å². The molecule has 3 rings (SSSR count). The van der Waals surface area contributed by atoms with Crippen LogP contribution in [0.3, 0.4) is 0 Å². The van der Waals surface area contributed by atoms with Crippen molar-refractivity contribution in [1.29, 1.82) is 0 Å². The summed E-state index contributed by atoms with van der Waals surface area (Å²) in [6, 6.07) is 8.02. The van der Waals surface area contributed by atoms with Gasteiger partial charge in [0, 0.05) is 36.2 Å². The van der Waals surface area contributed by atoms with E-state index < -0.39 is 0 Å². The van der Waals surface area contributed by atoms with Gasteiger partial charge in [-0.05, 0) is 12.1 Å². The lowest BCUT2D eigenvalue weighted by molar-refractivity contribution is -0.132. The molecule has 0 bridgehead atoms. The van der Waals surface area contributed by atoms with Crippen molar-refractivity contribution in [1.82, 2.24) is 19.8 Å². The van der Waals surface area contributed by atoms with Gasteiger partial charge < -0.3 is 14.8 Å². The summed E-state index contributed by atoms with van der Waals surface area (Å²) in [6.07, 6.45) is 3.52. The second kappa shape index (κ2) is 6.41. The van der Waals surface area contributed by atoms with Gasteiger partial charge in [0.2, 0.25) is 5.91 Å². The zero-order valence-electron chi connectivity index (χ0n) is 11.6. The number of benzene rings is 1. The minimum Gasteiger partial charge on any atom is -0.339 e. The molecule has 0 aliphatic carbocycles. The monoisotopic (exact) mass is 348 g/mol. The number of carbonyl (C=O) groups excluding carboxylic acids is 1. The Hall–Kier alpha value is -1.66. The molecule has 0 radical (unpaired) electrons. The molecule has 1 aliphatic heterocycles. The highest BCUT2D eigenvalue weighted by molar-refractivity contribution is 9.10. The Morgan fingerprint density at radius 2 is 2.14 bits per heavy atom. The van der Waals surface area contributed by atoms with Gasteiger partial charge in [-0.1, -0.05) is 28.1 Å². The van der Waals surface area contributed by atoms with Crippen LogP contribution in [-0.4, -0.2) is 46.5 Å². The Morgan fingerprint density at radius 3 is 2.90 bits per heavy atom. The molecule has 2 heterocycles. The number of nitrogens with one attached hydrogen (secondary N) is 1. The van der Waals surface area contributed by atoms with E-state index in [4.69, 9.17) is 0 Å². The van der Waals surface area contributed by atoms with Crippen LogP contribution in [0, 0.1) is 0 Å². The van der Waals surface area contributed by atoms with Crippen molar-refractivity contribution in [2.45, 2.75) is 6.54 Å². The lowest BCUT2D eigenvalue weighted by Crippen LogP contribution is -2.47. The number of hydrogen-bond donors (Lipinski definition) is 1. The fourth-order valence-corrected chi connectivity index (χ4v) is 2.89. The molecule has 110 valence electrons. The number of imidazole rings is 1. The lowest BCUT2D eigenvalue weighted by atomic mass is 10.2. The lowest BCUT2D eigenvalue weighted by Gasteiger charge is -2.27. The van der Waals surface area contributed by atoms with Gasteiger partial charge >= 0.3 is 0 Å². The van der Waals surface area contributed by atoms with E-state index in [2.05, 4.69) is 26.2 Å². The second-order valence-electron chi connectivity index (χ2n) is 5.05. The fraction of sp³-hybridized carbons (Fsp3) is 0.333. The van der Waals surface area contributed by atoms with Crippen molar-refractivity contribution in [3.63, 3.8) is 0 Å². The summed E-state index contributed by atoms with van der Waals surface area (Å²) in [6.45, 7) is 3.63. The quantitative estimate of drug-likeness (QED) is 0.919. The van der Waals surface area contributed by atoms with Crippen LogP contribution in [0.1, 0.15) is 0 Å². The molecule has 21 heavy (non-hydrogen) atoms. The predicted molar refractivity (Wildman–Crippen MR) is 84.8 cm³/mol. The summed E-state index contributed by atoms with van der Waals surface area (Å²) < 4.78 is 2.92. The SMILES string of the molecule is O=C(Cn1cncc1-c1cccc(Br)c1)N1CCNCC1. The number of hydrogen-bond acceptors (Lipinski definition) is 3. The first-order valence-electron chi connectivity index (χ1n) is 6.98. The molecule has 1 fully saturated rings. The maximum atomic E-state index is 12.4. The van der Waals surface area contributed by atoms with Crippen molar-refractivity contribution in [3.8, 4) is 11.3 Å². The normalized spacial score (nSPS) is 15.2. The third-order valence-corrected chi connectivity index (χ3v) is 4.10. The minimum absolute atomic E-state index is 0.144. The van der Waals surface area contributed by atoms with Crippen molar-refractivity contribution in [2.24, 2.45) is 0 Å². The number of nitrogens with zero attached hydrogens (tertiary/aromatic N) is 3. The number of aromatic nitrogens is 2. The Balaban J connectivity index is 1.78. The molecule has 2 aromatic rings. The molecule has 1 aliphatic rings. The highest BCUT2D eigenvalue weighted by atomic mass is 79.9. The maximum Gasteiger partial charge on any atom is 0.242 e. The Morgan fingerprint density at radius 1 is 1.33 bits per heavy atom. The van der Waals surface area contributed by atoms with Crippen molar-refractivity contribution in [3.05, 3.63) is 41.3 Å². The molecule has 0 atom stereocenters. The molecule has 1 aromatic carbocycles. The van der Waals surface area contributed by atoms with Gasteiger partial charge in [0.15, 0.2) is 0 Å². The van der Waals surface area contributed by atoms with Gasteiger partial charge in [0.1, 0.15) is 6.54 Å². The molecule has 6 heteroatoms. The van der Waals surface area contributed by atoms with E-state index >= 15 is 0 Å². The summed E-state index contributed by atoms with van der Waals surface area (Å²) in [7, 11) is 0. The van der Waals surface area contributed by atoms with Crippen LogP contribution >= 0.6 is 15.9 Å². The van der Waals surface area contributed by atoms with E-state index in [1.807, 2.05) is 33.7 Å². The average Bonchev–Trinajstić information content (AvgIpc) is 2.96. The highest BCUT2D eigenvalue weighted by Crippen LogP contribution is 2.22. The third kappa shape index (κ3) is 3.33. The van der Waals surface area contributed by atoms with Crippen molar-refractivity contribution in [2.75, 3.05) is 26.2 Å². The summed E-state index contributed by atoms with van der Waals surface area (Å²) >= 11 is 3.47. The number of piperazine rings is 1. The predicted octanol–water partition coefficient (Wildman–Crippen LogP) is 1.74. The number of amides is 1. The summed E-state index contributed by atoms with van der Waals surface area (Å²) in [5.41, 5.74) is 2.01. The number of carbonyl (C=O) groups is 1. The molecule has 1 amide bonds. The molecule has 1 aromatic heterocycles. The number of halogens is 1. The fourth-order valence-electron chi connectivity index (χ4n) is 2.49. The average molecular weight is 349 g/mol. The van der Waals surface area contributed by atoms with E-state index in [0.29, 0.717) is 6.54 Å². The molecule has 1 saturated heterocycles. The maximum absolute atomic E-state index is 12.4. The van der Waals surface area contributed by atoms with Gasteiger partial charge in [-0.3, -0.25) is 4.79 Å². The topological polar surface area (TPSA) is 50.2 Å². The molecular formula is C15H17BrN4O. The van der Waals surface area contributed by atoms with Crippen LogP contribution in [0.25, 0.3) is 11.3 Å². The first-order valence-corrected chi connectivity index (χ1v) is 7.78. The second-order valence-corrected chi connectivity index (χ2v) is 5.96. The Labute approximate surface area is 132 Å². The smallest absolute Gasteiger partial charge is 0.242 e. The molecule has 0 unspecified atom stereocenters. The van der Waals surface area contributed by atoms with E-state index in [1.54, 1.807) is 12.5 Å². The highest BCUT2D eigenvalue weighted by Gasteiger charge is 2.17. The zero-order valence-corrected chi connectivity index (χ0v) is 13.2. The first kappa shape index (κ1) is 14.3. The largest absolute Gasteiger partial charge is 0.339 e. The van der Waals surface area contributed by atoms with Crippen LogP contribution in [0.4, 0.5) is 0 Å². The summed E-state index contributed by atoms with van der Waals surface area (Å²) in [4.78, 5) is 18.5. The summed E-state index contributed by atoms with van der Waals surface area (Å²) in [5.74, 6) is 0.144. The molecule has 1 N–H and O–H groups in total. The van der Waals surface area contributed by atoms with Crippen LogP contribution in [0.15, 0.2) is 41.3 Å². The van der Waals surface area contributed by atoms with E-state index in [1.165, 1.54) is 0 Å². The zero-order chi connectivity index (χ0) is 14.7. The van der Waals surface area contributed by atoms with Gasteiger partial charge in [0.05, 0.1) is 18.2 Å². The Bertz CT molecular complexity index is 634. The van der Waals surface area contributed by atoms with E-state index in [-0.39, 0.29) is 5.91 Å². The molecule has 0 saturated carbocycles. The van der Waals surface area contributed by atoms with E-state index in [9.17, 15) is 4.79 Å². The van der Waals surface area contributed by atoms with Gasteiger partial charge in [-0.25, -0.2) is 4.98 Å². The molecule has 5 nitrogen and oxygen atoms in total. The Kier molecular flexibility index (Phi) is 4.36. The minimum atomic E-state index is 0.144. The molecule has 0 spiro atoms. The number of rotatable bonds is 3. The van der Waals surface area contributed by atoms with Crippen molar-refractivity contribution < 1.29 is 4.79 Å².